The Morgan fingerprint density at radius 1 is 1.40 bits per heavy atom. The monoisotopic (exact) mass is 318 g/mol. The molecule has 0 aliphatic rings. The van der Waals surface area contributed by atoms with Crippen molar-refractivity contribution in [3.05, 3.63) is 33.8 Å². The van der Waals surface area contributed by atoms with Gasteiger partial charge in [0.05, 0.1) is 5.75 Å². The summed E-state index contributed by atoms with van der Waals surface area (Å²) >= 11 is 2.94. The summed E-state index contributed by atoms with van der Waals surface area (Å²) in [5, 5.41) is 0. The maximum absolute atomic E-state index is 12.3. The van der Waals surface area contributed by atoms with Crippen LogP contribution in [0.5, 0.6) is 0 Å². The van der Waals surface area contributed by atoms with E-state index >= 15 is 0 Å². The van der Waals surface area contributed by atoms with Crippen molar-refractivity contribution in [2.75, 3.05) is 0 Å². The van der Waals surface area contributed by atoms with Crippen LogP contribution in [0.25, 0.3) is 0 Å². The van der Waals surface area contributed by atoms with E-state index in [1.807, 2.05) is 0 Å². The third-order valence-corrected chi connectivity index (χ3v) is 3.33. The van der Waals surface area contributed by atoms with E-state index in [0.29, 0.717) is 5.56 Å². The molecule has 0 atom stereocenters. The Labute approximate surface area is 98.8 Å². The van der Waals surface area contributed by atoms with E-state index in [2.05, 4.69) is 15.9 Å². The van der Waals surface area contributed by atoms with E-state index in [1.54, 1.807) is 0 Å². The van der Waals surface area contributed by atoms with Crippen LogP contribution < -0.4 is 0 Å². The standard InChI is InChI=1S/C8H6BrClF2O2S/c9-7-3-5(4-15(10,13)14)1-2-6(7)8(11)12/h1-3,8H,4H2. The molecule has 0 N–H and O–H groups in total. The second-order valence-corrected chi connectivity index (χ2v) is 6.47. The fourth-order valence-corrected chi connectivity index (χ4v) is 2.59. The minimum Gasteiger partial charge on any atom is -0.212 e. The lowest BCUT2D eigenvalue weighted by Gasteiger charge is -2.05. The second kappa shape index (κ2) is 4.76. The number of hydrogen-bond donors (Lipinski definition) is 0. The number of benzene rings is 1. The largest absolute Gasteiger partial charge is 0.264 e. The predicted molar refractivity (Wildman–Crippen MR) is 57.6 cm³/mol. The summed E-state index contributed by atoms with van der Waals surface area (Å²) in [7, 11) is 1.37. The quantitative estimate of drug-likeness (QED) is 0.800. The smallest absolute Gasteiger partial charge is 0.212 e. The van der Waals surface area contributed by atoms with Crippen LogP contribution in [0.15, 0.2) is 22.7 Å². The fraction of sp³-hybridized carbons (Fsp3) is 0.250. The van der Waals surface area contributed by atoms with Crippen molar-refractivity contribution in [1.29, 1.82) is 0 Å². The molecule has 0 aliphatic carbocycles. The van der Waals surface area contributed by atoms with Gasteiger partial charge in [0.2, 0.25) is 9.05 Å². The maximum atomic E-state index is 12.3. The SMILES string of the molecule is O=S(=O)(Cl)Cc1ccc(C(F)F)c(Br)c1. The zero-order chi connectivity index (χ0) is 11.6. The highest BCUT2D eigenvalue weighted by Gasteiger charge is 2.13. The molecule has 84 valence electrons. The molecule has 1 aromatic carbocycles. The Bertz CT molecular complexity index is 462. The van der Waals surface area contributed by atoms with Gasteiger partial charge >= 0.3 is 0 Å². The molecule has 0 aliphatic heterocycles. The Hall–Kier alpha value is -0.200. The van der Waals surface area contributed by atoms with Gasteiger partial charge < -0.3 is 0 Å². The highest BCUT2D eigenvalue weighted by atomic mass is 79.9. The molecule has 0 bridgehead atoms. The highest BCUT2D eigenvalue weighted by molar-refractivity contribution is 9.10. The lowest BCUT2D eigenvalue weighted by molar-refractivity contribution is 0.150. The first kappa shape index (κ1) is 12.9. The van der Waals surface area contributed by atoms with Gasteiger partial charge in [-0.1, -0.05) is 28.1 Å². The topological polar surface area (TPSA) is 34.1 Å². The molecule has 0 saturated heterocycles. The molecule has 0 heterocycles. The first-order chi connectivity index (χ1) is 6.79. The molecule has 1 aromatic rings. The molecule has 0 spiro atoms. The van der Waals surface area contributed by atoms with Crippen LogP contribution in [0.2, 0.25) is 0 Å². The molecule has 0 radical (unpaired) electrons. The van der Waals surface area contributed by atoms with Crippen LogP contribution in [0, 0.1) is 0 Å². The molecule has 0 saturated carbocycles. The Morgan fingerprint density at radius 3 is 2.40 bits per heavy atom. The molecule has 2 nitrogen and oxygen atoms in total. The Kier molecular flexibility index (Phi) is 4.08. The third kappa shape index (κ3) is 4.04. The number of rotatable bonds is 3. The van der Waals surface area contributed by atoms with Crippen molar-refractivity contribution < 1.29 is 17.2 Å². The van der Waals surface area contributed by atoms with Crippen molar-refractivity contribution in [3.8, 4) is 0 Å². The van der Waals surface area contributed by atoms with E-state index in [0.717, 1.165) is 0 Å². The first-order valence-electron chi connectivity index (χ1n) is 3.78. The van der Waals surface area contributed by atoms with Gasteiger partial charge in [0.1, 0.15) is 0 Å². The van der Waals surface area contributed by atoms with Crippen molar-refractivity contribution in [3.63, 3.8) is 0 Å². The normalized spacial score (nSPS) is 12.1. The predicted octanol–water partition coefficient (Wildman–Crippen LogP) is 3.46. The summed E-state index contributed by atoms with van der Waals surface area (Å²) in [6, 6.07) is 3.81. The maximum Gasteiger partial charge on any atom is 0.264 e. The second-order valence-electron chi connectivity index (χ2n) is 2.84. The third-order valence-electron chi connectivity index (χ3n) is 1.64. The van der Waals surface area contributed by atoms with Gasteiger partial charge in [-0.25, -0.2) is 17.2 Å². The van der Waals surface area contributed by atoms with Crippen molar-refractivity contribution >= 4 is 35.7 Å². The summed E-state index contributed by atoms with van der Waals surface area (Å²) in [4.78, 5) is 0. The van der Waals surface area contributed by atoms with Gasteiger partial charge in [0, 0.05) is 20.7 Å². The molecule has 0 amide bonds. The van der Waals surface area contributed by atoms with E-state index < -0.39 is 15.5 Å². The summed E-state index contributed by atoms with van der Waals surface area (Å²) in [6.45, 7) is 0. The molecule has 7 heteroatoms. The molecule has 0 aromatic heterocycles. The zero-order valence-corrected chi connectivity index (χ0v) is 10.4. The Balaban J connectivity index is 3.02. The van der Waals surface area contributed by atoms with Crippen molar-refractivity contribution in [2.45, 2.75) is 12.2 Å². The summed E-state index contributed by atoms with van der Waals surface area (Å²) in [5.41, 5.74) is 0.187. The summed E-state index contributed by atoms with van der Waals surface area (Å²) < 4.78 is 46.3. The van der Waals surface area contributed by atoms with Crippen molar-refractivity contribution in [1.82, 2.24) is 0 Å². The van der Waals surface area contributed by atoms with Crippen LogP contribution in [-0.2, 0) is 14.8 Å². The van der Waals surface area contributed by atoms with Crippen LogP contribution >= 0.6 is 26.6 Å². The lowest BCUT2D eigenvalue weighted by Crippen LogP contribution is -1.96. The van der Waals surface area contributed by atoms with Gasteiger partial charge in [-0.2, -0.15) is 0 Å². The van der Waals surface area contributed by atoms with Crippen LogP contribution in [0.3, 0.4) is 0 Å². The van der Waals surface area contributed by atoms with E-state index in [-0.39, 0.29) is 15.8 Å². The molecule has 1 rings (SSSR count). The van der Waals surface area contributed by atoms with Gasteiger partial charge in [-0.05, 0) is 11.6 Å². The minimum atomic E-state index is -3.66. The average Bonchev–Trinajstić information content (AvgIpc) is 1.99. The van der Waals surface area contributed by atoms with Crippen LogP contribution in [0.1, 0.15) is 17.6 Å². The minimum absolute atomic E-state index is 0.175. The van der Waals surface area contributed by atoms with E-state index in [9.17, 15) is 17.2 Å². The summed E-state index contributed by atoms with van der Waals surface area (Å²) in [6.07, 6.45) is -2.60. The number of hydrogen-bond acceptors (Lipinski definition) is 2. The van der Waals surface area contributed by atoms with E-state index in [1.165, 1.54) is 18.2 Å². The number of halogens is 4. The molecule has 15 heavy (non-hydrogen) atoms. The average molecular weight is 320 g/mol. The van der Waals surface area contributed by atoms with Gasteiger partial charge in [0.25, 0.3) is 6.43 Å². The zero-order valence-electron chi connectivity index (χ0n) is 7.25. The highest BCUT2D eigenvalue weighted by Crippen LogP contribution is 2.28. The number of alkyl halides is 2. The van der Waals surface area contributed by atoms with E-state index in [4.69, 9.17) is 10.7 Å². The molecule has 0 unspecified atom stereocenters. The first-order valence-corrected chi connectivity index (χ1v) is 7.05. The molecular formula is C8H6BrClF2O2S. The van der Waals surface area contributed by atoms with Gasteiger partial charge in [-0.3, -0.25) is 0 Å². The molecule has 0 fully saturated rings. The van der Waals surface area contributed by atoms with Crippen LogP contribution in [0.4, 0.5) is 8.78 Å². The van der Waals surface area contributed by atoms with Crippen molar-refractivity contribution in [2.24, 2.45) is 0 Å². The Morgan fingerprint density at radius 2 is 2.00 bits per heavy atom. The summed E-state index contributed by atoms with van der Waals surface area (Å²) in [5.74, 6) is -0.378. The lowest BCUT2D eigenvalue weighted by atomic mass is 10.2. The van der Waals surface area contributed by atoms with Crippen LogP contribution in [-0.4, -0.2) is 8.42 Å². The molecular weight excluding hydrogens is 314 g/mol. The van der Waals surface area contributed by atoms with Gasteiger partial charge in [0.15, 0.2) is 0 Å². The fourth-order valence-electron chi connectivity index (χ4n) is 1.04. The van der Waals surface area contributed by atoms with Gasteiger partial charge in [-0.15, -0.1) is 0 Å².